The Bertz CT molecular complexity index is 407. The Kier molecular flexibility index (Phi) is 5.50. The van der Waals surface area contributed by atoms with E-state index < -0.39 is 0 Å². The van der Waals surface area contributed by atoms with Gasteiger partial charge in [0.25, 0.3) is 0 Å². The lowest BCUT2D eigenvalue weighted by molar-refractivity contribution is 0.0995. The van der Waals surface area contributed by atoms with Crippen molar-refractivity contribution in [2.45, 2.75) is 24.0 Å². The minimum atomic E-state index is -0.190. The lowest BCUT2D eigenvalue weighted by Crippen LogP contribution is -2.15. The van der Waals surface area contributed by atoms with E-state index in [1.807, 2.05) is 12.1 Å². The van der Waals surface area contributed by atoms with Gasteiger partial charge in [0, 0.05) is 10.1 Å². The summed E-state index contributed by atoms with van der Waals surface area (Å²) in [5, 5.41) is 0.440. The summed E-state index contributed by atoms with van der Waals surface area (Å²) in [4.78, 5) is 12.8. The smallest absolute Gasteiger partial charge is 0.183 e. The molecule has 0 atom stereocenters. The van der Waals surface area contributed by atoms with Crippen molar-refractivity contribution < 1.29 is 14.3 Å². The Balaban J connectivity index is 3.29. The highest BCUT2D eigenvalue weighted by atomic mass is 32.2. The zero-order valence-electron chi connectivity index (χ0n) is 11.1. The molecule has 1 aromatic carbocycles. The summed E-state index contributed by atoms with van der Waals surface area (Å²) in [7, 11) is 3.07. The van der Waals surface area contributed by atoms with E-state index >= 15 is 0 Å². The first-order valence-electron chi connectivity index (χ1n) is 5.69. The normalized spacial score (nSPS) is 10.6. The van der Waals surface area contributed by atoms with Crippen LogP contribution < -0.4 is 15.2 Å². The lowest BCUT2D eigenvalue weighted by Gasteiger charge is -2.14. The van der Waals surface area contributed by atoms with Crippen LogP contribution in [0, 0.1) is 0 Å². The van der Waals surface area contributed by atoms with Crippen molar-refractivity contribution >= 4 is 17.5 Å². The highest BCUT2D eigenvalue weighted by molar-refractivity contribution is 7.99. The minimum Gasteiger partial charge on any atom is -0.496 e. The first kappa shape index (κ1) is 14.9. The number of hydrogen-bond acceptors (Lipinski definition) is 5. The minimum absolute atomic E-state index is 0.0661. The van der Waals surface area contributed by atoms with E-state index in [1.54, 1.807) is 11.8 Å². The first-order valence-corrected chi connectivity index (χ1v) is 6.57. The molecule has 0 aliphatic rings. The molecule has 1 aromatic rings. The van der Waals surface area contributed by atoms with Crippen molar-refractivity contribution in [3.05, 3.63) is 17.7 Å². The number of benzene rings is 1. The van der Waals surface area contributed by atoms with Gasteiger partial charge >= 0.3 is 0 Å². The Morgan fingerprint density at radius 3 is 2.11 bits per heavy atom. The molecule has 0 unspecified atom stereocenters. The van der Waals surface area contributed by atoms with Gasteiger partial charge in [-0.05, 0) is 12.1 Å². The van der Waals surface area contributed by atoms with Crippen molar-refractivity contribution in [3.63, 3.8) is 0 Å². The summed E-state index contributed by atoms with van der Waals surface area (Å²) < 4.78 is 10.5. The number of methoxy groups -OCH3 is 2. The van der Waals surface area contributed by atoms with Gasteiger partial charge in [-0.15, -0.1) is 11.8 Å². The molecule has 0 fully saturated rings. The highest BCUT2D eigenvalue weighted by Crippen LogP contribution is 2.36. The van der Waals surface area contributed by atoms with Gasteiger partial charge in [0.15, 0.2) is 5.78 Å². The van der Waals surface area contributed by atoms with Gasteiger partial charge < -0.3 is 15.2 Å². The monoisotopic (exact) mass is 269 g/mol. The molecule has 0 aliphatic heterocycles. The molecule has 0 aromatic heterocycles. The predicted octanol–water partition coefficient (Wildman–Crippen LogP) is 2.35. The third kappa shape index (κ3) is 3.40. The number of carbonyl (C=O) groups is 1. The van der Waals surface area contributed by atoms with Gasteiger partial charge in [-0.1, -0.05) is 13.8 Å². The molecular weight excluding hydrogens is 250 g/mol. The number of ether oxygens (including phenoxy) is 2. The van der Waals surface area contributed by atoms with E-state index in [1.165, 1.54) is 14.2 Å². The van der Waals surface area contributed by atoms with Crippen LogP contribution in [0.15, 0.2) is 17.0 Å². The van der Waals surface area contributed by atoms with Gasteiger partial charge in [-0.3, -0.25) is 4.79 Å². The standard InChI is InChI=1S/C13H19NO3S/c1-8(2)18-9-5-11(16-3)13(10(15)7-14)12(6-9)17-4/h5-6,8H,7,14H2,1-4H3. The fraction of sp³-hybridized carbons (Fsp3) is 0.462. The van der Waals surface area contributed by atoms with Gasteiger partial charge in [0.1, 0.15) is 17.1 Å². The van der Waals surface area contributed by atoms with Crippen LogP contribution >= 0.6 is 11.8 Å². The number of carbonyl (C=O) groups excluding carboxylic acids is 1. The van der Waals surface area contributed by atoms with Crippen LogP contribution in [-0.4, -0.2) is 31.8 Å². The SMILES string of the molecule is COc1cc(SC(C)C)cc(OC)c1C(=O)CN. The van der Waals surface area contributed by atoms with Crippen LogP contribution in [0.1, 0.15) is 24.2 Å². The molecule has 4 nitrogen and oxygen atoms in total. The molecule has 0 bridgehead atoms. The molecule has 0 saturated heterocycles. The van der Waals surface area contributed by atoms with E-state index in [0.717, 1.165) is 4.90 Å². The number of thioether (sulfide) groups is 1. The molecular formula is C13H19NO3S. The number of ketones is 1. The second kappa shape index (κ2) is 6.66. The van der Waals surface area contributed by atoms with Gasteiger partial charge in [0.2, 0.25) is 0 Å². The summed E-state index contributed by atoms with van der Waals surface area (Å²) >= 11 is 1.68. The zero-order chi connectivity index (χ0) is 13.7. The van der Waals surface area contributed by atoms with Gasteiger partial charge in [0.05, 0.1) is 20.8 Å². The van der Waals surface area contributed by atoms with E-state index in [9.17, 15) is 4.79 Å². The third-order valence-electron chi connectivity index (χ3n) is 2.32. The average molecular weight is 269 g/mol. The topological polar surface area (TPSA) is 61.5 Å². The fourth-order valence-corrected chi connectivity index (χ4v) is 2.50. The number of nitrogens with two attached hydrogens (primary N) is 1. The second-order valence-corrected chi connectivity index (χ2v) is 5.65. The zero-order valence-corrected chi connectivity index (χ0v) is 12.0. The van der Waals surface area contributed by atoms with Crippen LogP contribution in [0.3, 0.4) is 0 Å². The molecule has 0 amide bonds. The number of Topliss-reactive ketones (excluding diaryl/α,β-unsaturated/α-hetero) is 1. The van der Waals surface area contributed by atoms with Crippen molar-refractivity contribution in [2.75, 3.05) is 20.8 Å². The maximum atomic E-state index is 11.8. The quantitative estimate of drug-likeness (QED) is 0.634. The van der Waals surface area contributed by atoms with Crippen LogP contribution in [-0.2, 0) is 0 Å². The van der Waals surface area contributed by atoms with Crippen LogP contribution in [0.2, 0.25) is 0 Å². The van der Waals surface area contributed by atoms with Crippen molar-refractivity contribution in [3.8, 4) is 11.5 Å². The Labute approximate surface area is 112 Å². The molecule has 0 radical (unpaired) electrons. The fourth-order valence-electron chi connectivity index (χ4n) is 1.60. The molecule has 0 spiro atoms. The molecule has 2 N–H and O–H groups in total. The van der Waals surface area contributed by atoms with Crippen LogP contribution in [0.25, 0.3) is 0 Å². The number of hydrogen-bond donors (Lipinski definition) is 1. The second-order valence-electron chi connectivity index (χ2n) is 4.00. The van der Waals surface area contributed by atoms with E-state index in [2.05, 4.69) is 13.8 Å². The predicted molar refractivity (Wildman–Crippen MR) is 73.9 cm³/mol. The third-order valence-corrected chi connectivity index (χ3v) is 3.29. The van der Waals surface area contributed by atoms with E-state index in [4.69, 9.17) is 15.2 Å². The summed E-state index contributed by atoms with van der Waals surface area (Å²) in [6, 6.07) is 3.69. The lowest BCUT2D eigenvalue weighted by atomic mass is 10.1. The Hall–Kier alpha value is -1.20. The number of rotatable bonds is 6. The molecule has 100 valence electrons. The molecule has 1 rings (SSSR count). The summed E-state index contributed by atoms with van der Waals surface area (Å²) in [6.07, 6.45) is 0. The largest absolute Gasteiger partial charge is 0.496 e. The molecule has 0 heterocycles. The highest BCUT2D eigenvalue weighted by Gasteiger charge is 2.19. The molecule has 18 heavy (non-hydrogen) atoms. The van der Waals surface area contributed by atoms with Gasteiger partial charge in [-0.2, -0.15) is 0 Å². The molecule has 0 saturated carbocycles. The maximum Gasteiger partial charge on any atom is 0.183 e. The van der Waals surface area contributed by atoms with Crippen LogP contribution in [0.4, 0.5) is 0 Å². The Morgan fingerprint density at radius 2 is 1.78 bits per heavy atom. The summed E-state index contributed by atoms with van der Waals surface area (Å²) in [5.74, 6) is 0.825. The van der Waals surface area contributed by atoms with Crippen LogP contribution in [0.5, 0.6) is 11.5 Å². The van der Waals surface area contributed by atoms with Gasteiger partial charge in [-0.25, -0.2) is 0 Å². The summed E-state index contributed by atoms with van der Waals surface area (Å²) in [6.45, 7) is 4.13. The molecule has 0 aliphatic carbocycles. The Morgan fingerprint density at radius 1 is 1.28 bits per heavy atom. The summed E-state index contributed by atoms with van der Waals surface area (Å²) in [5.41, 5.74) is 5.82. The van der Waals surface area contributed by atoms with Crippen molar-refractivity contribution in [1.29, 1.82) is 0 Å². The van der Waals surface area contributed by atoms with E-state index in [-0.39, 0.29) is 12.3 Å². The van der Waals surface area contributed by atoms with Crippen molar-refractivity contribution in [2.24, 2.45) is 5.73 Å². The average Bonchev–Trinajstić information content (AvgIpc) is 2.35. The first-order chi connectivity index (χ1) is 8.53. The van der Waals surface area contributed by atoms with Crippen molar-refractivity contribution in [1.82, 2.24) is 0 Å². The maximum absolute atomic E-state index is 11.8. The van der Waals surface area contributed by atoms with E-state index in [0.29, 0.717) is 22.3 Å². The molecule has 5 heteroatoms.